The number of rotatable bonds is 2. The van der Waals surface area contributed by atoms with Gasteiger partial charge >= 0.3 is 5.97 Å². The van der Waals surface area contributed by atoms with Gasteiger partial charge < -0.3 is 14.9 Å². The van der Waals surface area contributed by atoms with Gasteiger partial charge in [0.25, 0.3) is 0 Å². The summed E-state index contributed by atoms with van der Waals surface area (Å²) in [5.41, 5.74) is 0.00127. The Bertz CT molecular complexity index is 276. The molecule has 0 aromatic heterocycles. The van der Waals surface area contributed by atoms with Crippen LogP contribution in [0.2, 0.25) is 0 Å². The molecule has 0 aromatic rings. The van der Waals surface area contributed by atoms with E-state index in [-0.39, 0.29) is 0 Å². The standard InChI is InChI=1S/C10H14O4/c11-8-4-10(5-8,9(12)13)7-2-1-3-14-6-7/h6,8,11H,1-5H2,(H,12,13). The number of carbonyl (C=O) groups is 1. The molecule has 4 nitrogen and oxygen atoms in total. The van der Waals surface area contributed by atoms with Gasteiger partial charge in [0.15, 0.2) is 0 Å². The molecule has 0 atom stereocenters. The summed E-state index contributed by atoms with van der Waals surface area (Å²) >= 11 is 0. The van der Waals surface area contributed by atoms with Crippen LogP contribution in [-0.2, 0) is 9.53 Å². The van der Waals surface area contributed by atoms with Gasteiger partial charge in [-0.25, -0.2) is 0 Å². The highest BCUT2D eigenvalue weighted by molar-refractivity contribution is 5.80. The van der Waals surface area contributed by atoms with E-state index in [2.05, 4.69) is 0 Å². The van der Waals surface area contributed by atoms with Gasteiger partial charge in [0.05, 0.1) is 24.4 Å². The molecule has 1 aliphatic carbocycles. The lowest BCUT2D eigenvalue weighted by molar-refractivity contribution is -0.158. The molecule has 14 heavy (non-hydrogen) atoms. The van der Waals surface area contributed by atoms with Crippen LogP contribution in [-0.4, -0.2) is 28.9 Å². The largest absolute Gasteiger partial charge is 0.501 e. The maximum Gasteiger partial charge on any atom is 0.314 e. The number of aliphatic carboxylic acids is 1. The number of carboxylic acid groups (broad SMARTS) is 1. The topological polar surface area (TPSA) is 66.8 Å². The fourth-order valence-electron chi connectivity index (χ4n) is 2.24. The fourth-order valence-corrected chi connectivity index (χ4v) is 2.24. The fraction of sp³-hybridized carbons (Fsp3) is 0.700. The van der Waals surface area contributed by atoms with E-state index in [1.807, 2.05) is 0 Å². The minimum Gasteiger partial charge on any atom is -0.501 e. The molecular formula is C10H14O4. The number of ether oxygens (including phenoxy) is 1. The molecule has 1 saturated carbocycles. The number of hydrogen-bond donors (Lipinski definition) is 2. The maximum atomic E-state index is 11.1. The molecule has 2 N–H and O–H groups in total. The van der Waals surface area contributed by atoms with Crippen LogP contribution >= 0.6 is 0 Å². The van der Waals surface area contributed by atoms with Crippen LogP contribution in [0.1, 0.15) is 25.7 Å². The summed E-state index contributed by atoms with van der Waals surface area (Å²) in [6.45, 7) is 0.668. The lowest BCUT2D eigenvalue weighted by Crippen LogP contribution is -2.48. The molecular weight excluding hydrogens is 184 g/mol. The summed E-state index contributed by atoms with van der Waals surface area (Å²) in [4.78, 5) is 11.1. The number of aliphatic hydroxyl groups is 1. The van der Waals surface area contributed by atoms with E-state index in [4.69, 9.17) is 9.84 Å². The molecule has 0 amide bonds. The normalized spacial score (nSPS) is 36.6. The lowest BCUT2D eigenvalue weighted by Gasteiger charge is -2.44. The average molecular weight is 198 g/mol. The second-order valence-corrected chi connectivity index (χ2v) is 4.07. The number of hydrogen-bond acceptors (Lipinski definition) is 3. The van der Waals surface area contributed by atoms with Crippen LogP contribution < -0.4 is 0 Å². The summed E-state index contributed by atoms with van der Waals surface area (Å²) in [6.07, 6.45) is 3.42. The highest BCUT2D eigenvalue weighted by Crippen LogP contribution is 2.49. The highest BCUT2D eigenvalue weighted by atomic mass is 16.5. The molecule has 0 saturated heterocycles. The minimum atomic E-state index is -0.834. The Labute approximate surface area is 82.2 Å². The molecule has 0 radical (unpaired) electrons. The Morgan fingerprint density at radius 2 is 2.29 bits per heavy atom. The molecule has 2 rings (SSSR count). The summed E-state index contributed by atoms with van der Waals surface area (Å²) in [6, 6.07) is 0. The molecule has 0 bridgehead atoms. The van der Waals surface area contributed by atoms with Gasteiger partial charge in [0.2, 0.25) is 0 Å². The van der Waals surface area contributed by atoms with Gasteiger partial charge in [0.1, 0.15) is 0 Å². The van der Waals surface area contributed by atoms with E-state index < -0.39 is 17.5 Å². The Morgan fingerprint density at radius 1 is 1.57 bits per heavy atom. The van der Waals surface area contributed by atoms with Crippen molar-refractivity contribution in [2.75, 3.05) is 6.61 Å². The van der Waals surface area contributed by atoms with Gasteiger partial charge in [-0.2, -0.15) is 0 Å². The molecule has 4 heteroatoms. The molecule has 2 aliphatic rings. The van der Waals surface area contributed by atoms with Crippen molar-refractivity contribution >= 4 is 5.97 Å². The van der Waals surface area contributed by atoms with Crippen molar-refractivity contribution in [2.24, 2.45) is 5.41 Å². The predicted octanol–water partition coefficient (Wildman–Crippen LogP) is 0.906. The van der Waals surface area contributed by atoms with Crippen molar-refractivity contribution in [3.63, 3.8) is 0 Å². The number of aliphatic hydroxyl groups excluding tert-OH is 1. The van der Waals surface area contributed by atoms with Gasteiger partial charge in [-0.1, -0.05) is 0 Å². The third-order valence-corrected chi connectivity index (χ3v) is 3.13. The van der Waals surface area contributed by atoms with Crippen molar-refractivity contribution in [2.45, 2.75) is 31.8 Å². The first-order chi connectivity index (χ1) is 6.65. The summed E-state index contributed by atoms with van der Waals surface area (Å²) < 4.78 is 5.14. The second kappa shape index (κ2) is 3.28. The van der Waals surface area contributed by atoms with Crippen molar-refractivity contribution in [1.29, 1.82) is 0 Å². The first kappa shape index (κ1) is 9.52. The molecule has 1 heterocycles. The molecule has 0 spiro atoms. The Balaban J connectivity index is 2.19. The number of carboxylic acids is 1. The molecule has 1 aliphatic heterocycles. The van der Waals surface area contributed by atoms with Crippen LogP contribution in [0.5, 0.6) is 0 Å². The van der Waals surface area contributed by atoms with Gasteiger partial charge in [-0.15, -0.1) is 0 Å². The predicted molar refractivity (Wildman–Crippen MR) is 48.6 cm³/mol. The third-order valence-electron chi connectivity index (χ3n) is 3.13. The zero-order chi connectivity index (χ0) is 10.2. The molecule has 0 aromatic carbocycles. The molecule has 1 fully saturated rings. The van der Waals surface area contributed by atoms with Crippen LogP contribution in [0.15, 0.2) is 11.8 Å². The van der Waals surface area contributed by atoms with Gasteiger partial charge in [-0.3, -0.25) is 4.79 Å². The van der Waals surface area contributed by atoms with Crippen LogP contribution in [0, 0.1) is 5.41 Å². The van der Waals surface area contributed by atoms with Gasteiger partial charge in [0, 0.05) is 0 Å². The van der Waals surface area contributed by atoms with Crippen molar-refractivity contribution in [1.82, 2.24) is 0 Å². The quantitative estimate of drug-likeness (QED) is 0.692. The Hall–Kier alpha value is -1.03. The highest BCUT2D eigenvalue weighted by Gasteiger charge is 2.52. The SMILES string of the molecule is O=C(O)C1(C2=COCCC2)CC(O)C1. The first-order valence-corrected chi connectivity index (χ1v) is 4.88. The molecule has 0 unspecified atom stereocenters. The zero-order valence-electron chi connectivity index (χ0n) is 7.90. The monoisotopic (exact) mass is 198 g/mol. The minimum absolute atomic E-state index is 0.331. The van der Waals surface area contributed by atoms with E-state index in [1.54, 1.807) is 6.26 Å². The first-order valence-electron chi connectivity index (χ1n) is 4.88. The van der Waals surface area contributed by atoms with Crippen LogP contribution in [0.3, 0.4) is 0 Å². The van der Waals surface area contributed by atoms with Crippen LogP contribution in [0.25, 0.3) is 0 Å². The Kier molecular flexibility index (Phi) is 2.23. The Morgan fingerprint density at radius 3 is 2.71 bits per heavy atom. The van der Waals surface area contributed by atoms with Crippen molar-refractivity contribution in [3.05, 3.63) is 11.8 Å². The average Bonchev–Trinajstić information content (AvgIpc) is 2.13. The third kappa shape index (κ3) is 1.30. The summed E-state index contributed by atoms with van der Waals surface area (Å²) in [7, 11) is 0. The lowest BCUT2D eigenvalue weighted by atomic mass is 9.61. The molecule has 78 valence electrons. The van der Waals surface area contributed by atoms with E-state index in [0.29, 0.717) is 19.4 Å². The zero-order valence-corrected chi connectivity index (χ0v) is 7.90. The van der Waals surface area contributed by atoms with E-state index in [1.165, 1.54) is 0 Å². The smallest absolute Gasteiger partial charge is 0.314 e. The van der Waals surface area contributed by atoms with E-state index >= 15 is 0 Å². The van der Waals surface area contributed by atoms with Crippen LogP contribution in [0.4, 0.5) is 0 Å². The summed E-state index contributed by atoms with van der Waals surface area (Å²) in [5, 5.41) is 18.4. The van der Waals surface area contributed by atoms with E-state index in [0.717, 1.165) is 18.4 Å². The van der Waals surface area contributed by atoms with E-state index in [9.17, 15) is 9.90 Å². The second-order valence-electron chi connectivity index (χ2n) is 4.07. The van der Waals surface area contributed by atoms with Crippen molar-refractivity contribution in [3.8, 4) is 0 Å². The maximum absolute atomic E-state index is 11.1. The van der Waals surface area contributed by atoms with Gasteiger partial charge in [-0.05, 0) is 31.3 Å². The summed E-state index contributed by atoms with van der Waals surface area (Å²) in [5.74, 6) is -0.834. The van der Waals surface area contributed by atoms with Crippen molar-refractivity contribution < 1.29 is 19.7 Å².